The van der Waals surface area contributed by atoms with Crippen LogP contribution in [-0.4, -0.2) is 48.0 Å². The molecule has 1 heterocycles. The third-order valence-electron chi connectivity index (χ3n) is 4.64. The summed E-state index contributed by atoms with van der Waals surface area (Å²) in [6, 6.07) is 0. The molecule has 1 aliphatic carbocycles. The van der Waals surface area contributed by atoms with Gasteiger partial charge in [-0.1, -0.05) is 26.2 Å². The van der Waals surface area contributed by atoms with Gasteiger partial charge in [0, 0.05) is 19.7 Å². The molecule has 2 aliphatic rings. The lowest BCUT2D eigenvalue weighted by Crippen LogP contribution is -2.37. The van der Waals surface area contributed by atoms with Gasteiger partial charge in [0.15, 0.2) is 0 Å². The lowest BCUT2D eigenvalue weighted by atomic mass is 9.83. The first kappa shape index (κ1) is 14.3. The molecule has 1 unspecified atom stereocenters. The molecule has 1 spiro atoms. The summed E-state index contributed by atoms with van der Waals surface area (Å²) in [6.07, 6.45) is 10.5. The van der Waals surface area contributed by atoms with E-state index in [1.165, 1.54) is 44.9 Å². The second-order valence-corrected chi connectivity index (χ2v) is 5.99. The number of aliphatic hydroxyl groups excluding tert-OH is 1. The van der Waals surface area contributed by atoms with Crippen LogP contribution in [0.15, 0.2) is 0 Å². The van der Waals surface area contributed by atoms with Crippen molar-refractivity contribution in [1.82, 2.24) is 4.90 Å². The summed E-state index contributed by atoms with van der Waals surface area (Å²) in [5.41, 5.74) is 0.249. The third-order valence-corrected chi connectivity index (χ3v) is 4.64. The van der Waals surface area contributed by atoms with Crippen LogP contribution in [0.4, 0.5) is 0 Å². The molecular weight excluding hydrogens is 226 g/mol. The third kappa shape index (κ3) is 3.69. The molecule has 1 aliphatic heterocycles. The van der Waals surface area contributed by atoms with Gasteiger partial charge in [-0.3, -0.25) is 0 Å². The van der Waals surface area contributed by atoms with Crippen LogP contribution >= 0.6 is 0 Å². The van der Waals surface area contributed by atoms with E-state index in [0.717, 1.165) is 26.1 Å². The highest BCUT2D eigenvalue weighted by molar-refractivity contribution is 4.92. The van der Waals surface area contributed by atoms with Gasteiger partial charge in [-0.15, -0.1) is 0 Å². The molecule has 1 atom stereocenters. The van der Waals surface area contributed by atoms with Crippen LogP contribution in [0.3, 0.4) is 0 Å². The van der Waals surface area contributed by atoms with Gasteiger partial charge in [-0.2, -0.15) is 0 Å². The molecule has 2 rings (SSSR count). The van der Waals surface area contributed by atoms with Crippen molar-refractivity contribution in [2.75, 3.05) is 26.2 Å². The molecule has 0 amide bonds. The summed E-state index contributed by atoms with van der Waals surface area (Å²) < 4.78 is 6.40. The molecule has 0 aromatic carbocycles. The van der Waals surface area contributed by atoms with E-state index in [-0.39, 0.29) is 5.60 Å². The summed E-state index contributed by atoms with van der Waals surface area (Å²) in [4.78, 5) is 2.42. The number of rotatable bonds is 6. The van der Waals surface area contributed by atoms with Crippen molar-refractivity contribution in [3.63, 3.8) is 0 Å². The molecule has 106 valence electrons. The summed E-state index contributed by atoms with van der Waals surface area (Å²) in [5.74, 6) is 0. The van der Waals surface area contributed by atoms with E-state index in [4.69, 9.17) is 9.84 Å². The summed E-state index contributed by atoms with van der Waals surface area (Å²) in [6.45, 7) is 5.61. The van der Waals surface area contributed by atoms with Crippen molar-refractivity contribution >= 4 is 0 Å². The van der Waals surface area contributed by atoms with Gasteiger partial charge in [-0.25, -0.2) is 0 Å². The second kappa shape index (κ2) is 6.88. The Hall–Kier alpha value is -0.120. The van der Waals surface area contributed by atoms with Gasteiger partial charge in [0.05, 0.1) is 11.7 Å². The second-order valence-electron chi connectivity index (χ2n) is 5.99. The van der Waals surface area contributed by atoms with Crippen LogP contribution in [0.1, 0.15) is 58.3 Å². The minimum Gasteiger partial charge on any atom is -0.396 e. The zero-order valence-electron chi connectivity index (χ0n) is 11.9. The lowest BCUT2D eigenvalue weighted by molar-refractivity contribution is -0.0717. The van der Waals surface area contributed by atoms with E-state index in [9.17, 15) is 0 Å². The Kier molecular flexibility index (Phi) is 5.46. The first-order chi connectivity index (χ1) is 8.78. The Labute approximate surface area is 112 Å². The molecule has 1 saturated heterocycles. The molecule has 3 nitrogen and oxygen atoms in total. The van der Waals surface area contributed by atoms with Crippen LogP contribution in [0.25, 0.3) is 0 Å². The molecule has 18 heavy (non-hydrogen) atoms. The largest absolute Gasteiger partial charge is 0.396 e. The van der Waals surface area contributed by atoms with Crippen LogP contribution in [0.2, 0.25) is 0 Å². The van der Waals surface area contributed by atoms with Crippen molar-refractivity contribution < 1.29 is 9.84 Å². The Bertz CT molecular complexity index is 239. The predicted molar refractivity (Wildman–Crippen MR) is 73.7 cm³/mol. The van der Waals surface area contributed by atoms with Crippen molar-refractivity contribution in [2.24, 2.45) is 0 Å². The fraction of sp³-hybridized carbons (Fsp3) is 1.00. The van der Waals surface area contributed by atoms with Crippen LogP contribution in [0, 0.1) is 0 Å². The number of aliphatic hydroxyl groups is 1. The first-order valence-electron chi connectivity index (χ1n) is 7.79. The SMILES string of the molecule is CCN(CCCO)CC1CCC2(CCCCC2)O1. The maximum Gasteiger partial charge on any atom is 0.0710 e. The zero-order valence-corrected chi connectivity index (χ0v) is 11.9. The number of hydrogen-bond acceptors (Lipinski definition) is 3. The topological polar surface area (TPSA) is 32.7 Å². The Balaban J connectivity index is 1.77. The van der Waals surface area contributed by atoms with E-state index >= 15 is 0 Å². The average Bonchev–Trinajstić information content (AvgIpc) is 2.78. The van der Waals surface area contributed by atoms with Gasteiger partial charge in [0.2, 0.25) is 0 Å². The van der Waals surface area contributed by atoms with E-state index in [2.05, 4.69) is 11.8 Å². The fourth-order valence-corrected chi connectivity index (χ4v) is 3.55. The van der Waals surface area contributed by atoms with E-state index in [0.29, 0.717) is 12.7 Å². The molecule has 3 heteroatoms. The predicted octanol–water partition coefficient (Wildman–Crippen LogP) is 2.57. The monoisotopic (exact) mass is 255 g/mol. The molecular formula is C15H29NO2. The van der Waals surface area contributed by atoms with Gasteiger partial charge < -0.3 is 14.7 Å². The standard InChI is InChI=1S/C15H29NO2/c1-2-16(11-6-12-17)13-14-7-10-15(18-14)8-4-3-5-9-15/h14,17H,2-13H2,1H3. The molecule has 0 radical (unpaired) electrons. The van der Waals surface area contributed by atoms with E-state index in [1.54, 1.807) is 0 Å². The Morgan fingerprint density at radius 3 is 2.67 bits per heavy atom. The van der Waals surface area contributed by atoms with Crippen molar-refractivity contribution in [2.45, 2.75) is 70.0 Å². The Morgan fingerprint density at radius 1 is 1.22 bits per heavy atom. The van der Waals surface area contributed by atoms with Crippen LogP contribution in [-0.2, 0) is 4.74 Å². The highest BCUT2D eigenvalue weighted by Crippen LogP contribution is 2.41. The molecule has 2 fully saturated rings. The molecule has 1 N–H and O–H groups in total. The maximum atomic E-state index is 8.91. The number of ether oxygens (including phenoxy) is 1. The molecule has 1 saturated carbocycles. The van der Waals surface area contributed by atoms with Gasteiger partial charge in [0.25, 0.3) is 0 Å². The highest BCUT2D eigenvalue weighted by Gasteiger charge is 2.40. The number of nitrogens with zero attached hydrogens (tertiary/aromatic N) is 1. The van der Waals surface area contributed by atoms with Gasteiger partial charge in [0.1, 0.15) is 0 Å². The van der Waals surface area contributed by atoms with Crippen LogP contribution < -0.4 is 0 Å². The minimum atomic E-state index is 0.249. The van der Waals surface area contributed by atoms with E-state index < -0.39 is 0 Å². The Morgan fingerprint density at radius 2 is 2.00 bits per heavy atom. The van der Waals surface area contributed by atoms with Crippen molar-refractivity contribution in [3.8, 4) is 0 Å². The summed E-state index contributed by atoms with van der Waals surface area (Å²) >= 11 is 0. The fourth-order valence-electron chi connectivity index (χ4n) is 3.55. The average molecular weight is 255 g/mol. The van der Waals surface area contributed by atoms with Crippen molar-refractivity contribution in [3.05, 3.63) is 0 Å². The first-order valence-corrected chi connectivity index (χ1v) is 7.79. The minimum absolute atomic E-state index is 0.249. The number of likely N-dealkylation sites (N-methyl/N-ethyl adjacent to an activating group) is 1. The lowest BCUT2D eigenvalue weighted by Gasteiger charge is -2.34. The summed E-state index contributed by atoms with van der Waals surface area (Å²) in [7, 11) is 0. The molecule has 0 bridgehead atoms. The number of hydrogen-bond donors (Lipinski definition) is 1. The molecule has 0 aromatic heterocycles. The maximum absolute atomic E-state index is 8.91. The highest BCUT2D eigenvalue weighted by atomic mass is 16.5. The van der Waals surface area contributed by atoms with Gasteiger partial charge >= 0.3 is 0 Å². The quantitative estimate of drug-likeness (QED) is 0.792. The zero-order chi connectivity index (χ0) is 12.8. The van der Waals surface area contributed by atoms with Crippen molar-refractivity contribution in [1.29, 1.82) is 0 Å². The van der Waals surface area contributed by atoms with E-state index in [1.807, 2.05) is 0 Å². The summed E-state index contributed by atoms with van der Waals surface area (Å²) in [5, 5.41) is 8.91. The molecule has 0 aromatic rings. The smallest absolute Gasteiger partial charge is 0.0710 e. The van der Waals surface area contributed by atoms with Gasteiger partial charge in [-0.05, 0) is 38.6 Å². The van der Waals surface area contributed by atoms with Crippen LogP contribution in [0.5, 0.6) is 0 Å². The normalized spacial score (nSPS) is 27.2.